The molecule has 4 nitrogen and oxygen atoms in total. The highest BCUT2D eigenvalue weighted by molar-refractivity contribution is 5.71. The number of nitriles is 1. The number of hydrogen-bond donors (Lipinski definition) is 0. The molecule has 0 atom stereocenters. The standard InChI is InChI=1S/C19H17N3O/c1-13-5-4-6-16(9-13)22-18(11-15(12-20)21-22)17-10-14(2)7-8-19(17)23-3/h4-11H,1-3H3. The first-order valence-corrected chi connectivity index (χ1v) is 7.34. The van der Waals surface area contributed by atoms with Crippen molar-refractivity contribution in [3.63, 3.8) is 0 Å². The molecule has 0 aliphatic rings. The molecule has 0 amide bonds. The van der Waals surface area contributed by atoms with Crippen LogP contribution in [0.25, 0.3) is 16.9 Å². The number of aryl methyl sites for hydroxylation is 2. The molecule has 0 aliphatic carbocycles. The lowest BCUT2D eigenvalue weighted by Crippen LogP contribution is -2.01. The zero-order chi connectivity index (χ0) is 16.4. The fourth-order valence-electron chi connectivity index (χ4n) is 2.61. The molecule has 114 valence electrons. The molecule has 0 unspecified atom stereocenters. The van der Waals surface area contributed by atoms with Gasteiger partial charge >= 0.3 is 0 Å². The van der Waals surface area contributed by atoms with Gasteiger partial charge in [-0.1, -0.05) is 23.8 Å². The van der Waals surface area contributed by atoms with Crippen LogP contribution < -0.4 is 4.74 Å². The lowest BCUT2D eigenvalue weighted by Gasteiger charge is -2.12. The Balaban J connectivity index is 2.27. The third-order valence-electron chi connectivity index (χ3n) is 3.70. The largest absolute Gasteiger partial charge is 0.496 e. The Labute approximate surface area is 135 Å². The van der Waals surface area contributed by atoms with Gasteiger partial charge in [-0.3, -0.25) is 0 Å². The van der Waals surface area contributed by atoms with Gasteiger partial charge in [0.1, 0.15) is 11.8 Å². The maximum atomic E-state index is 9.25. The Morgan fingerprint density at radius 3 is 2.52 bits per heavy atom. The molecule has 1 aromatic heterocycles. The highest BCUT2D eigenvalue weighted by Gasteiger charge is 2.15. The SMILES string of the molecule is COc1ccc(C)cc1-c1cc(C#N)nn1-c1cccc(C)c1. The molecule has 0 aliphatic heterocycles. The van der Waals surface area contributed by atoms with Gasteiger partial charge in [0, 0.05) is 11.6 Å². The minimum Gasteiger partial charge on any atom is -0.496 e. The van der Waals surface area contributed by atoms with Crippen molar-refractivity contribution < 1.29 is 4.74 Å². The van der Waals surface area contributed by atoms with E-state index in [1.807, 2.05) is 56.3 Å². The van der Waals surface area contributed by atoms with Gasteiger partial charge in [-0.05, 0) is 43.7 Å². The van der Waals surface area contributed by atoms with E-state index in [2.05, 4.69) is 11.2 Å². The Kier molecular flexibility index (Phi) is 3.86. The maximum absolute atomic E-state index is 9.25. The summed E-state index contributed by atoms with van der Waals surface area (Å²) in [6.45, 7) is 4.06. The second kappa shape index (κ2) is 5.98. The van der Waals surface area contributed by atoms with Gasteiger partial charge in [0.2, 0.25) is 0 Å². The molecule has 0 saturated carbocycles. The quantitative estimate of drug-likeness (QED) is 0.734. The number of rotatable bonds is 3. The molecule has 4 heteroatoms. The summed E-state index contributed by atoms with van der Waals surface area (Å²) in [5.74, 6) is 0.758. The Morgan fingerprint density at radius 1 is 1.04 bits per heavy atom. The fourth-order valence-corrected chi connectivity index (χ4v) is 2.61. The van der Waals surface area contributed by atoms with E-state index in [0.717, 1.165) is 33.8 Å². The molecular formula is C19H17N3O. The van der Waals surface area contributed by atoms with Crippen molar-refractivity contribution in [3.05, 3.63) is 65.4 Å². The van der Waals surface area contributed by atoms with Gasteiger partial charge in [0.25, 0.3) is 0 Å². The summed E-state index contributed by atoms with van der Waals surface area (Å²) in [4.78, 5) is 0. The number of benzene rings is 2. The molecule has 2 aromatic carbocycles. The molecule has 3 aromatic rings. The highest BCUT2D eigenvalue weighted by Crippen LogP contribution is 2.33. The van der Waals surface area contributed by atoms with Gasteiger partial charge < -0.3 is 4.74 Å². The van der Waals surface area contributed by atoms with E-state index in [0.29, 0.717) is 5.69 Å². The predicted molar refractivity (Wildman–Crippen MR) is 89.7 cm³/mol. The van der Waals surface area contributed by atoms with Crippen molar-refractivity contribution in [2.24, 2.45) is 0 Å². The van der Waals surface area contributed by atoms with Crippen molar-refractivity contribution in [2.45, 2.75) is 13.8 Å². The van der Waals surface area contributed by atoms with Crippen LogP contribution in [0.15, 0.2) is 48.5 Å². The average Bonchev–Trinajstić information content (AvgIpc) is 2.99. The van der Waals surface area contributed by atoms with Gasteiger partial charge in [0.05, 0.1) is 18.5 Å². The van der Waals surface area contributed by atoms with Gasteiger partial charge in [0.15, 0.2) is 5.69 Å². The van der Waals surface area contributed by atoms with Crippen LogP contribution in [0.1, 0.15) is 16.8 Å². The first-order valence-electron chi connectivity index (χ1n) is 7.34. The zero-order valence-electron chi connectivity index (χ0n) is 13.4. The maximum Gasteiger partial charge on any atom is 0.163 e. The summed E-state index contributed by atoms with van der Waals surface area (Å²) in [6.07, 6.45) is 0. The molecule has 0 saturated heterocycles. The van der Waals surface area contributed by atoms with Crippen molar-refractivity contribution in [2.75, 3.05) is 7.11 Å². The molecule has 0 fully saturated rings. The summed E-state index contributed by atoms with van der Waals surface area (Å²) in [5.41, 5.74) is 5.32. The minimum atomic E-state index is 0.380. The fraction of sp³-hybridized carbons (Fsp3) is 0.158. The third-order valence-corrected chi connectivity index (χ3v) is 3.70. The molecule has 0 N–H and O–H groups in total. The van der Waals surface area contributed by atoms with Crippen molar-refractivity contribution >= 4 is 0 Å². The van der Waals surface area contributed by atoms with Crippen LogP contribution in [0, 0.1) is 25.2 Å². The van der Waals surface area contributed by atoms with Crippen molar-refractivity contribution in [1.29, 1.82) is 5.26 Å². The smallest absolute Gasteiger partial charge is 0.163 e. The second-order valence-electron chi connectivity index (χ2n) is 5.48. The van der Waals surface area contributed by atoms with Crippen LogP contribution in [0.5, 0.6) is 5.75 Å². The van der Waals surface area contributed by atoms with Crippen LogP contribution in [0.2, 0.25) is 0 Å². The molecule has 0 radical (unpaired) electrons. The van der Waals surface area contributed by atoms with E-state index in [9.17, 15) is 5.26 Å². The highest BCUT2D eigenvalue weighted by atomic mass is 16.5. The normalized spacial score (nSPS) is 10.3. The van der Waals surface area contributed by atoms with Crippen LogP contribution in [0.3, 0.4) is 0 Å². The van der Waals surface area contributed by atoms with E-state index in [1.54, 1.807) is 17.9 Å². The molecule has 3 rings (SSSR count). The van der Waals surface area contributed by atoms with Crippen LogP contribution >= 0.6 is 0 Å². The number of aromatic nitrogens is 2. The Bertz CT molecular complexity index is 903. The van der Waals surface area contributed by atoms with Crippen molar-refractivity contribution in [3.8, 4) is 28.8 Å². The van der Waals surface area contributed by atoms with Gasteiger partial charge in [-0.2, -0.15) is 10.4 Å². The average molecular weight is 303 g/mol. The lowest BCUT2D eigenvalue weighted by molar-refractivity contribution is 0.416. The lowest BCUT2D eigenvalue weighted by atomic mass is 10.1. The third kappa shape index (κ3) is 2.82. The summed E-state index contributed by atoms with van der Waals surface area (Å²) in [7, 11) is 1.65. The second-order valence-corrected chi connectivity index (χ2v) is 5.48. The van der Waals surface area contributed by atoms with E-state index in [1.165, 1.54) is 0 Å². The molecular weight excluding hydrogens is 286 g/mol. The molecule has 1 heterocycles. The molecule has 0 spiro atoms. The topological polar surface area (TPSA) is 50.8 Å². The predicted octanol–water partition coefficient (Wildman–Crippen LogP) is 4.04. The monoisotopic (exact) mass is 303 g/mol. The van der Waals surface area contributed by atoms with E-state index >= 15 is 0 Å². The van der Waals surface area contributed by atoms with Gasteiger partial charge in [-0.15, -0.1) is 0 Å². The van der Waals surface area contributed by atoms with E-state index < -0.39 is 0 Å². The molecule has 0 bridgehead atoms. The summed E-state index contributed by atoms with van der Waals surface area (Å²) in [5, 5.41) is 13.7. The Morgan fingerprint density at radius 2 is 1.83 bits per heavy atom. The number of methoxy groups -OCH3 is 1. The van der Waals surface area contributed by atoms with E-state index in [-0.39, 0.29) is 0 Å². The first kappa shape index (κ1) is 14.9. The molecule has 23 heavy (non-hydrogen) atoms. The zero-order valence-corrected chi connectivity index (χ0v) is 13.4. The number of ether oxygens (including phenoxy) is 1. The van der Waals surface area contributed by atoms with E-state index in [4.69, 9.17) is 4.74 Å². The Hall–Kier alpha value is -3.06. The van der Waals surface area contributed by atoms with Crippen LogP contribution in [-0.4, -0.2) is 16.9 Å². The summed E-state index contributed by atoms with van der Waals surface area (Å²) in [6, 6.07) is 17.9. The number of hydrogen-bond acceptors (Lipinski definition) is 3. The summed E-state index contributed by atoms with van der Waals surface area (Å²) < 4.78 is 7.28. The van der Waals surface area contributed by atoms with Gasteiger partial charge in [-0.25, -0.2) is 4.68 Å². The number of nitrogens with zero attached hydrogens (tertiary/aromatic N) is 3. The van der Waals surface area contributed by atoms with Crippen LogP contribution in [-0.2, 0) is 0 Å². The minimum absolute atomic E-state index is 0.380. The van der Waals surface area contributed by atoms with Crippen LogP contribution in [0.4, 0.5) is 0 Å². The summed E-state index contributed by atoms with van der Waals surface area (Å²) >= 11 is 0. The van der Waals surface area contributed by atoms with Crippen molar-refractivity contribution in [1.82, 2.24) is 9.78 Å². The first-order chi connectivity index (χ1) is 11.1.